The summed E-state index contributed by atoms with van der Waals surface area (Å²) >= 11 is 0. The lowest BCUT2D eigenvalue weighted by molar-refractivity contribution is -0.153. The molecule has 1 saturated carbocycles. The molecule has 23 heavy (non-hydrogen) atoms. The molecule has 1 aliphatic rings. The van der Waals surface area contributed by atoms with Gasteiger partial charge in [0, 0.05) is 5.92 Å². The predicted octanol–water partition coefficient (Wildman–Crippen LogP) is 4.41. The van der Waals surface area contributed by atoms with Gasteiger partial charge in [-0.05, 0) is 36.5 Å². The van der Waals surface area contributed by atoms with Crippen LogP contribution in [0.25, 0.3) is 0 Å². The molecule has 0 aliphatic heterocycles. The Morgan fingerprint density at radius 1 is 1.09 bits per heavy atom. The van der Waals surface area contributed by atoms with Crippen LogP contribution in [0, 0.1) is 11.8 Å². The van der Waals surface area contributed by atoms with Gasteiger partial charge in [0.05, 0.1) is 14.2 Å². The summed E-state index contributed by atoms with van der Waals surface area (Å²) in [5.41, 5.74) is 0.758. The number of halogens is 2. The van der Waals surface area contributed by atoms with Gasteiger partial charge in [0.25, 0.3) is 6.43 Å². The molecular formula is C18H24F2O3. The van der Waals surface area contributed by atoms with Crippen LogP contribution in [0.5, 0.6) is 5.75 Å². The summed E-state index contributed by atoms with van der Waals surface area (Å²) in [7, 11) is 2.73. The number of carbonyl (C=O) groups is 1. The van der Waals surface area contributed by atoms with Crippen molar-refractivity contribution in [2.45, 2.75) is 44.4 Å². The highest BCUT2D eigenvalue weighted by Crippen LogP contribution is 2.43. The topological polar surface area (TPSA) is 35.5 Å². The average molecular weight is 326 g/mol. The molecule has 0 spiro atoms. The molecule has 0 N–H and O–H groups in total. The number of esters is 1. The van der Waals surface area contributed by atoms with Gasteiger partial charge in [-0.2, -0.15) is 0 Å². The Hall–Kier alpha value is -1.65. The van der Waals surface area contributed by atoms with E-state index in [1.807, 2.05) is 0 Å². The fourth-order valence-corrected chi connectivity index (χ4v) is 3.63. The van der Waals surface area contributed by atoms with Crippen LogP contribution in [-0.4, -0.2) is 26.6 Å². The van der Waals surface area contributed by atoms with Crippen molar-refractivity contribution in [2.75, 3.05) is 14.2 Å². The van der Waals surface area contributed by atoms with E-state index in [1.165, 1.54) is 7.11 Å². The molecule has 2 rings (SSSR count). The zero-order chi connectivity index (χ0) is 16.8. The van der Waals surface area contributed by atoms with Gasteiger partial charge in [0.1, 0.15) is 11.7 Å². The van der Waals surface area contributed by atoms with Gasteiger partial charge in [-0.15, -0.1) is 0 Å². The van der Waals surface area contributed by atoms with E-state index in [0.717, 1.165) is 37.7 Å². The Balaban J connectivity index is 2.37. The van der Waals surface area contributed by atoms with E-state index in [0.29, 0.717) is 5.75 Å². The van der Waals surface area contributed by atoms with Gasteiger partial charge < -0.3 is 9.47 Å². The fourth-order valence-electron chi connectivity index (χ4n) is 3.63. The third-order valence-electron chi connectivity index (χ3n) is 4.79. The zero-order valence-electron chi connectivity index (χ0n) is 13.6. The first kappa shape index (κ1) is 17.7. The van der Waals surface area contributed by atoms with Crippen molar-refractivity contribution in [1.82, 2.24) is 0 Å². The highest BCUT2D eigenvalue weighted by atomic mass is 19.3. The van der Waals surface area contributed by atoms with Crippen molar-refractivity contribution in [1.29, 1.82) is 0 Å². The predicted molar refractivity (Wildman–Crippen MR) is 83.8 cm³/mol. The molecule has 5 heteroatoms. The Morgan fingerprint density at radius 2 is 1.70 bits per heavy atom. The number of hydrogen-bond acceptors (Lipinski definition) is 3. The van der Waals surface area contributed by atoms with E-state index in [9.17, 15) is 13.6 Å². The highest BCUT2D eigenvalue weighted by Gasteiger charge is 2.42. The minimum absolute atomic E-state index is 0.0789. The molecule has 0 aromatic heterocycles. The molecule has 3 nitrogen and oxygen atoms in total. The van der Waals surface area contributed by atoms with Crippen LogP contribution >= 0.6 is 0 Å². The molecule has 0 bridgehead atoms. The number of benzene rings is 1. The molecule has 1 aromatic rings. The molecule has 2 atom stereocenters. The molecule has 1 fully saturated rings. The maximum absolute atomic E-state index is 13.6. The number of methoxy groups -OCH3 is 2. The van der Waals surface area contributed by atoms with Crippen LogP contribution < -0.4 is 4.74 Å². The highest BCUT2D eigenvalue weighted by molar-refractivity contribution is 5.74. The standard InChI is InChI=1S/C18H24F2O3/c1-22-14-10-8-13(9-11-14)15(12-6-4-3-5-7-12)16(17(19)20)18(21)23-2/h8-12,15-17H,3-7H2,1-2H3. The molecule has 1 aliphatic carbocycles. The molecule has 128 valence electrons. The zero-order valence-corrected chi connectivity index (χ0v) is 13.6. The average Bonchev–Trinajstić information content (AvgIpc) is 2.59. The summed E-state index contributed by atoms with van der Waals surface area (Å²) in [5, 5.41) is 0. The van der Waals surface area contributed by atoms with Crippen LogP contribution in [0.1, 0.15) is 43.6 Å². The lowest BCUT2D eigenvalue weighted by atomic mass is 9.71. The maximum Gasteiger partial charge on any atom is 0.315 e. The van der Waals surface area contributed by atoms with Crippen LogP contribution in [-0.2, 0) is 9.53 Å². The van der Waals surface area contributed by atoms with Crippen LogP contribution in [0.4, 0.5) is 8.78 Å². The second kappa shape index (κ2) is 8.27. The first-order valence-corrected chi connectivity index (χ1v) is 8.08. The normalized spacial score (nSPS) is 18.5. The molecule has 0 heterocycles. The van der Waals surface area contributed by atoms with Crippen molar-refractivity contribution in [2.24, 2.45) is 11.8 Å². The van der Waals surface area contributed by atoms with Gasteiger partial charge in [-0.3, -0.25) is 4.79 Å². The van der Waals surface area contributed by atoms with E-state index in [-0.39, 0.29) is 5.92 Å². The van der Waals surface area contributed by atoms with Crippen molar-refractivity contribution in [3.05, 3.63) is 29.8 Å². The number of carbonyl (C=O) groups excluding carboxylic acids is 1. The van der Waals surface area contributed by atoms with Crippen molar-refractivity contribution >= 4 is 5.97 Å². The van der Waals surface area contributed by atoms with Gasteiger partial charge >= 0.3 is 5.97 Å². The lowest BCUT2D eigenvalue weighted by Crippen LogP contribution is -2.35. The SMILES string of the molecule is COC(=O)C(C(F)F)C(c1ccc(OC)cc1)C1CCCCC1. The monoisotopic (exact) mass is 326 g/mol. The third kappa shape index (κ3) is 4.21. The number of rotatable bonds is 6. The third-order valence-corrected chi connectivity index (χ3v) is 4.79. The minimum atomic E-state index is -2.74. The summed E-state index contributed by atoms with van der Waals surface area (Å²) in [6, 6.07) is 7.09. The van der Waals surface area contributed by atoms with Gasteiger partial charge in [-0.1, -0.05) is 31.4 Å². The van der Waals surface area contributed by atoms with Crippen LogP contribution in [0.3, 0.4) is 0 Å². The summed E-state index contributed by atoms with van der Waals surface area (Å²) in [6.07, 6.45) is 2.18. The number of ether oxygens (including phenoxy) is 2. The molecular weight excluding hydrogens is 302 g/mol. The van der Waals surface area contributed by atoms with E-state index < -0.39 is 24.2 Å². The first-order chi connectivity index (χ1) is 11.1. The summed E-state index contributed by atoms with van der Waals surface area (Å²) in [5.74, 6) is -2.02. The molecule has 2 unspecified atom stereocenters. The van der Waals surface area contributed by atoms with Crippen molar-refractivity contribution in [3.63, 3.8) is 0 Å². The molecule has 0 amide bonds. The van der Waals surface area contributed by atoms with Crippen molar-refractivity contribution in [3.8, 4) is 5.75 Å². The second-order valence-electron chi connectivity index (χ2n) is 6.08. The van der Waals surface area contributed by atoms with Crippen molar-refractivity contribution < 1.29 is 23.0 Å². The second-order valence-corrected chi connectivity index (χ2v) is 6.08. The Kier molecular flexibility index (Phi) is 6.37. The van der Waals surface area contributed by atoms with E-state index in [2.05, 4.69) is 4.74 Å². The molecule has 1 aromatic carbocycles. The summed E-state index contributed by atoms with van der Waals surface area (Å²) in [6.45, 7) is 0. The van der Waals surface area contributed by atoms with Gasteiger partial charge in [-0.25, -0.2) is 8.78 Å². The largest absolute Gasteiger partial charge is 0.497 e. The smallest absolute Gasteiger partial charge is 0.315 e. The Labute approximate surface area is 136 Å². The molecule has 0 radical (unpaired) electrons. The summed E-state index contributed by atoms with van der Waals surface area (Å²) in [4.78, 5) is 12.0. The van der Waals surface area contributed by atoms with E-state index in [4.69, 9.17) is 4.74 Å². The Bertz CT molecular complexity index is 495. The van der Waals surface area contributed by atoms with E-state index >= 15 is 0 Å². The van der Waals surface area contributed by atoms with Crippen LogP contribution in [0.15, 0.2) is 24.3 Å². The lowest BCUT2D eigenvalue weighted by Gasteiger charge is -2.34. The van der Waals surface area contributed by atoms with Gasteiger partial charge in [0.2, 0.25) is 0 Å². The number of hydrogen-bond donors (Lipinski definition) is 0. The first-order valence-electron chi connectivity index (χ1n) is 8.08. The maximum atomic E-state index is 13.6. The minimum Gasteiger partial charge on any atom is -0.497 e. The van der Waals surface area contributed by atoms with Crippen LogP contribution in [0.2, 0.25) is 0 Å². The quantitative estimate of drug-likeness (QED) is 0.726. The number of alkyl halides is 2. The molecule has 0 saturated heterocycles. The summed E-state index contributed by atoms with van der Waals surface area (Å²) < 4.78 is 37.1. The fraction of sp³-hybridized carbons (Fsp3) is 0.611. The van der Waals surface area contributed by atoms with E-state index in [1.54, 1.807) is 31.4 Å². The Morgan fingerprint density at radius 3 is 2.17 bits per heavy atom. The van der Waals surface area contributed by atoms with Gasteiger partial charge in [0.15, 0.2) is 0 Å².